The highest BCUT2D eigenvalue weighted by molar-refractivity contribution is 7.89. The number of sulfonamides is 1. The number of benzene rings is 2. The van der Waals surface area contributed by atoms with E-state index >= 15 is 0 Å². The standard InChI is InChI=1S/C20H21N3O3S/c1-23(27(25,26)18-10-6-5-9-17(18)13-21)14-19(24)22-20(16-11-12-16)15-7-3-2-4-8-15/h2-10,16,20H,11-12,14H2,1H3,(H,22,24). The summed E-state index contributed by atoms with van der Waals surface area (Å²) in [7, 11) is -2.59. The molecule has 2 aromatic rings. The van der Waals surface area contributed by atoms with Crippen LogP contribution in [0.4, 0.5) is 0 Å². The van der Waals surface area contributed by atoms with Gasteiger partial charge < -0.3 is 5.32 Å². The van der Waals surface area contributed by atoms with Crippen molar-refractivity contribution in [3.8, 4) is 6.07 Å². The van der Waals surface area contributed by atoms with Crippen molar-refractivity contribution in [2.24, 2.45) is 5.92 Å². The van der Waals surface area contributed by atoms with Gasteiger partial charge in [-0.05, 0) is 36.5 Å². The fourth-order valence-corrected chi connectivity index (χ4v) is 4.29. The van der Waals surface area contributed by atoms with Crippen LogP contribution in [0, 0.1) is 17.2 Å². The summed E-state index contributed by atoms with van der Waals surface area (Å²) < 4.78 is 26.5. The molecule has 1 N–H and O–H groups in total. The minimum absolute atomic E-state index is 0.0601. The molecule has 2 aromatic carbocycles. The summed E-state index contributed by atoms with van der Waals surface area (Å²) in [5.41, 5.74) is 1.08. The van der Waals surface area contributed by atoms with E-state index in [1.165, 1.54) is 19.2 Å². The Labute approximate surface area is 159 Å². The molecule has 3 rings (SSSR count). The third-order valence-corrected chi connectivity index (χ3v) is 6.49. The molecule has 1 fully saturated rings. The highest BCUT2D eigenvalue weighted by Gasteiger charge is 2.34. The molecule has 0 aliphatic heterocycles. The van der Waals surface area contributed by atoms with Gasteiger partial charge in [-0.1, -0.05) is 42.5 Å². The summed E-state index contributed by atoms with van der Waals surface area (Å²) in [6.07, 6.45) is 2.09. The first-order valence-electron chi connectivity index (χ1n) is 8.73. The average molecular weight is 383 g/mol. The van der Waals surface area contributed by atoms with Gasteiger partial charge in [-0.2, -0.15) is 9.57 Å². The molecule has 7 heteroatoms. The number of carbonyl (C=O) groups excluding carboxylic acids is 1. The lowest BCUT2D eigenvalue weighted by Crippen LogP contribution is -2.40. The number of nitriles is 1. The van der Waals surface area contributed by atoms with Crippen molar-refractivity contribution in [1.82, 2.24) is 9.62 Å². The zero-order valence-electron chi connectivity index (χ0n) is 15.0. The molecule has 0 saturated heterocycles. The fraction of sp³-hybridized carbons (Fsp3) is 0.300. The van der Waals surface area contributed by atoms with Crippen LogP contribution in [0.1, 0.15) is 30.0 Å². The number of carbonyl (C=O) groups is 1. The predicted octanol–water partition coefficient (Wildman–Crippen LogP) is 2.45. The van der Waals surface area contributed by atoms with E-state index in [4.69, 9.17) is 5.26 Å². The zero-order valence-corrected chi connectivity index (χ0v) is 15.8. The average Bonchev–Trinajstić information content (AvgIpc) is 3.51. The van der Waals surface area contributed by atoms with E-state index in [2.05, 4.69) is 5.32 Å². The minimum atomic E-state index is -3.93. The van der Waals surface area contributed by atoms with E-state index in [1.807, 2.05) is 36.4 Å². The molecule has 0 bridgehead atoms. The molecule has 0 aromatic heterocycles. The Morgan fingerprint density at radius 2 is 1.81 bits per heavy atom. The van der Waals surface area contributed by atoms with Crippen LogP contribution >= 0.6 is 0 Å². The van der Waals surface area contributed by atoms with Crippen LogP contribution in [-0.4, -0.2) is 32.2 Å². The summed E-state index contributed by atoms with van der Waals surface area (Å²) in [5, 5.41) is 12.1. The molecule has 140 valence electrons. The Morgan fingerprint density at radius 1 is 1.19 bits per heavy atom. The molecule has 27 heavy (non-hydrogen) atoms. The van der Waals surface area contributed by atoms with Crippen LogP contribution in [0.25, 0.3) is 0 Å². The monoisotopic (exact) mass is 383 g/mol. The van der Waals surface area contributed by atoms with Gasteiger partial charge >= 0.3 is 0 Å². The first-order valence-corrected chi connectivity index (χ1v) is 10.2. The van der Waals surface area contributed by atoms with Gasteiger partial charge in [-0.25, -0.2) is 8.42 Å². The first kappa shape index (κ1) is 19.1. The largest absolute Gasteiger partial charge is 0.348 e. The van der Waals surface area contributed by atoms with Crippen LogP contribution in [0.5, 0.6) is 0 Å². The van der Waals surface area contributed by atoms with Crippen molar-refractivity contribution in [3.63, 3.8) is 0 Å². The van der Waals surface area contributed by atoms with Crippen molar-refractivity contribution >= 4 is 15.9 Å². The van der Waals surface area contributed by atoms with Gasteiger partial charge in [0.05, 0.1) is 23.0 Å². The Morgan fingerprint density at radius 3 is 2.44 bits per heavy atom. The second-order valence-electron chi connectivity index (χ2n) is 6.66. The number of nitrogens with one attached hydrogen (secondary N) is 1. The SMILES string of the molecule is CN(CC(=O)NC(c1ccccc1)C1CC1)S(=O)(=O)c1ccccc1C#N. The molecule has 0 spiro atoms. The van der Waals surface area contributed by atoms with Crippen molar-refractivity contribution in [2.45, 2.75) is 23.8 Å². The maximum absolute atomic E-state index is 12.7. The molecule has 1 aliphatic carbocycles. The van der Waals surface area contributed by atoms with Gasteiger partial charge in [0.25, 0.3) is 0 Å². The lowest BCUT2D eigenvalue weighted by molar-refractivity contribution is -0.122. The summed E-state index contributed by atoms with van der Waals surface area (Å²) >= 11 is 0. The number of hydrogen-bond donors (Lipinski definition) is 1. The van der Waals surface area contributed by atoms with Gasteiger partial charge in [0.1, 0.15) is 6.07 Å². The van der Waals surface area contributed by atoms with E-state index < -0.39 is 10.0 Å². The lowest BCUT2D eigenvalue weighted by Gasteiger charge is -2.22. The number of hydrogen-bond acceptors (Lipinski definition) is 4. The highest BCUT2D eigenvalue weighted by atomic mass is 32.2. The Balaban J connectivity index is 1.72. The van der Waals surface area contributed by atoms with Gasteiger partial charge in [-0.15, -0.1) is 0 Å². The molecule has 1 unspecified atom stereocenters. The molecule has 1 amide bonds. The lowest BCUT2D eigenvalue weighted by atomic mass is 10.0. The topological polar surface area (TPSA) is 90.3 Å². The maximum atomic E-state index is 12.7. The van der Waals surface area contributed by atoms with Crippen LogP contribution in [0.2, 0.25) is 0 Å². The van der Waals surface area contributed by atoms with E-state index in [9.17, 15) is 13.2 Å². The first-order chi connectivity index (χ1) is 12.9. The molecular weight excluding hydrogens is 362 g/mol. The van der Waals surface area contributed by atoms with Gasteiger partial charge in [0.2, 0.25) is 15.9 Å². The van der Waals surface area contributed by atoms with Crippen molar-refractivity contribution < 1.29 is 13.2 Å². The number of amides is 1. The molecule has 0 radical (unpaired) electrons. The van der Waals surface area contributed by atoms with E-state index in [0.29, 0.717) is 5.92 Å². The summed E-state index contributed by atoms with van der Waals surface area (Å²) in [6, 6.07) is 17.4. The second-order valence-corrected chi connectivity index (χ2v) is 8.68. The number of likely N-dealkylation sites (N-methyl/N-ethyl adjacent to an activating group) is 1. The van der Waals surface area contributed by atoms with Gasteiger partial charge in [0, 0.05) is 7.05 Å². The van der Waals surface area contributed by atoms with Crippen LogP contribution in [0.15, 0.2) is 59.5 Å². The summed E-state index contributed by atoms with van der Waals surface area (Å²) in [6.45, 7) is -0.307. The summed E-state index contributed by atoms with van der Waals surface area (Å²) in [5.74, 6) is 0.0221. The molecule has 0 heterocycles. The quantitative estimate of drug-likeness (QED) is 0.795. The van der Waals surface area contributed by atoms with Gasteiger partial charge in [-0.3, -0.25) is 4.79 Å². The maximum Gasteiger partial charge on any atom is 0.244 e. The number of rotatable bonds is 7. The summed E-state index contributed by atoms with van der Waals surface area (Å²) in [4.78, 5) is 12.4. The second kappa shape index (κ2) is 7.91. The Kier molecular flexibility index (Phi) is 5.59. The van der Waals surface area contributed by atoms with Crippen molar-refractivity contribution in [3.05, 3.63) is 65.7 Å². The molecular formula is C20H21N3O3S. The third kappa shape index (κ3) is 4.35. The predicted molar refractivity (Wildman–Crippen MR) is 101 cm³/mol. The van der Waals surface area contributed by atoms with Crippen molar-refractivity contribution in [2.75, 3.05) is 13.6 Å². The number of nitrogens with zero attached hydrogens (tertiary/aromatic N) is 2. The fourth-order valence-electron chi connectivity index (χ4n) is 3.02. The third-order valence-electron chi connectivity index (χ3n) is 4.63. The molecule has 1 atom stereocenters. The van der Waals surface area contributed by atoms with Crippen molar-refractivity contribution in [1.29, 1.82) is 5.26 Å². The smallest absolute Gasteiger partial charge is 0.244 e. The van der Waals surface area contributed by atoms with E-state index in [-0.39, 0.29) is 29.0 Å². The highest BCUT2D eigenvalue weighted by Crippen LogP contribution is 2.40. The normalized spacial score (nSPS) is 15.1. The van der Waals surface area contributed by atoms with E-state index in [0.717, 1.165) is 22.7 Å². The van der Waals surface area contributed by atoms with E-state index in [1.54, 1.807) is 12.1 Å². The zero-order chi connectivity index (χ0) is 19.4. The molecule has 6 nitrogen and oxygen atoms in total. The molecule has 1 aliphatic rings. The Bertz CT molecular complexity index is 963. The van der Waals surface area contributed by atoms with Crippen LogP contribution in [0.3, 0.4) is 0 Å². The van der Waals surface area contributed by atoms with Gasteiger partial charge in [0.15, 0.2) is 0 Å². The van der Waals surface area contributed by atoms with Crippen LogP contribution < -0.4 is 5.32 Å². The van der Waals surface area contributed by atoms with Crippen LogP contribution in [-0.2, 0) is 14.8 Å². The Hall–Kier alpha value is -2.69. The minimum Gasteiger partial charge on any atom is -0.348 e. The molecule has 1 saturated carbocycles.